The lowest BCUT2D eigenvalue weighted by Gasteiger charge is -2.16. The van der Waals surface area contributed by atoms with Gasteiger partial charge < -0.3 is 15.4 Å². The second-order valence-corrected chi connectivity index (χ2v) is 5.51. The molecule has 0 fully saturated rings. The summed E-state index contributed by atoms with van der Waals surface area (Å²) < 4.78 is 18.8. The Morgan fingerprint density at radius 3 is 2.80 bits per heavy atom. The summed E-state index contributed by atoms with van der Waals surface area (Å²) in [5, 5.41) is 0.820. The minimum Gasteiger partial charge on any atom is -0.378 e. The van der Waals surface area contributed by atoms with E-state index in [2.05, 4.69) is 4.98 Å². The van der Waals surface area contributed by atoms with Crippen LogP contribution in [0, 0.1) is 5.82 Å². The van der Waals surface area contributed by atoms with Crippen LogP contribution in [0.2, 0.25) is 0 Å². The molecular formula is C14H18FN3OS. The largest absolute Gasteiger partial charge is 0.378 e. The van der Waals surface area contributed by atoms with Gasteiger partial charge in [0.2, 0.25) is 0 Å². The number of hydrogen-bond donors (Lipinski definition) is 1. The van der Waals surface area contributed by atoms with Gasteiger partial charge in [0.15, 0.2) is 5.13 Å². The summed E-state index contributed by atoms with van der Waals surface area (Å²) >= 11 is 1.52. The molecule has 0 saturated carbocycles. The predicted molar refractivity (Wildman–Crippen MR) is 79.2 cm³/mol. The summed E-state index contributed by atoms with van der Waals surface area (Å²) in [6, 6.07) is 6.76. The fraction of sp³-hybridized carbons (Fsp3) is 0.357. The first-order chi connectivity index (χ1) is 9.65. The molecule has 0 aliphatic heterocycles. The number of halogens is 1. The van der Waals surface area contributed by atoms with Crippen LogP contribution < -0.4 is 10.6 Å². The SMILES string of the molecule is COCc1nc(N(C)Cc2ccccc2F)sc1CN. The molecule has 0 spiro atoms. The highest BCUT2D eigenvalue weighted by atomic mass is 32.1. The minimum absolute atomic E-state index is 0.202. The van der Waals surface area contributed by atoms with Crippen LogP contribution in [0.5, 0.6) is 0 Å². The van der Waals surface area contributed by atoms with Gasteiger partial charge in [-0.2, -0.15) is 0 Å². The number of aromatic nitrogens is 1. The molecule has 2 rings (SSSR count). The van der Waals surface area contributed by atoms with E-state index in [1.807, 2.05) is 18.0 Å². The molecule has 0 amide bonds. The van der Waals surface area contributed by atoms with Crippen LogP contribution in [-0.2, 0) is 24.4 Å². The van der Waals surface area contributed by atoms with Gasteiger partial charge in [-0.25, -0.2) is 9.37 Å². The molecule has 0 bridgehead atoms. The first-order valence-electron chi connectivity index (χ1n) is 6.27. The van der Waals surface area contributed by atoms with Crippen LogP contribution in [0.25, 0.3) is 0 Å². The zero-order valence-electron chi connectivity index (χ0n) is 11.6. The van der Waals surface area contributed by atoms with E-state index in [-0.39, 0.29) is 5.82 Å². The Kier molecular flexibility index (Phi) is 5.05. The Balaban J connectivity index is 2.17. The molecule has 4 nitrogen and oxygen atoms in total. The molecule has 0 atom stereocenters. The van der Waals surface area contributed by atoms with Crippen molar-refractivity contribution in [3.63, 3.8) is 0 Å². The number of anilines is 1. The Morgan fingerprint density at radius 1 is 1.40 bits per heavy atom. The van der Waals surface area contributed by atoms with Crippen molar-refractivity contribution in [2.75, 3.05) is 19.1 Å². The van der Waals surface area contributed by atoms with Crippen molar-refractivity contribution in [2.45, 2.75) is 19.7 Å². The summed E-state index contributed by atoms with van der Waals surface area (Å²) in [5.41, 5.74) is 7.21. The molecule has 0 saturated heterocycles. The first-order valence-corrected chi connectivity index (χ1v) is 7.09. The number of methoxy groups -OCH3 is 1. The number of rotatable bonds is 6. The molecule has 0 radical (unpaired) electrons. The minimum atomic E-state index is -0.202. The second-order valence-electron chi connectivity index (χ2n) is 4.45. The molecule has 0 unspecified atom stereocenters. The van der Waals surface area contributed by atoms with Crippen LogP contribution in [0.15, 0.2) is 24.3 Å². The Bertz CT molecular complexity index is 573. The summed E-state index contributed by atoms with van der Waals surface area (Å²) in [6.45, 7) is 1.34. The number of thiazole rings is 1. The van der Waals surface area contributed by atoms with Gasteiger partial charge in [-0.05, 0) is 6.07 Å². The smallest absolute Gasteiger partial charge is 0.185 e. The third-order valence-electron chi connectivity index (χ3n) is 2.93. The summed E-state index contributed by atoms with van der Waals surface area (Å²) in [7, 11) is 3.52. The summed E-state index contributed by atoms with van der Waals surface area (Å²) in [5.74, 6) is -0.202. The molecule has 2 N–H and O–H groups in total. The van der Waals surface area contributed by atoms with Crippen molar-refractivity contribution >= 4 is 16.5 Å². The highest BCUT2D eigenvalue weighted by molar-refractivity contribution is 7.15. The van der Waals surface area contributed by atoms with Gasteiger partial charge in [-0.15, -0.1) is 11.3 Å². The van der Waals surface area contributed by atoms with Gasteiger partial charge in [0.05, 0.1) is 12.3 Å². The van der Waals surface area contributed by atoms with E-state index >= 15 is 0 Å². The van der Waals surface area contributed by atoms with E-state index < -0.39 is 0 Å². The Morgan fingerprint density at radius 2 is 2.15 bits per heavy atom. The van der Waals surface area contributed by atoms with E-state index in [1.54, 1.807) is 19.2 Å². The highest BCUT2D eigenvalue weighted by Crippen LogP contribution is 2.27. The van der Waals surface area contributed by atoms with Crippen molar-refractivity contribution in [2.24, 2.45) is 5.73 Å². The lowest BCUT2D eigenvalue weighted by Crippen LogP contribution is -2.17. The van der Waals surface area contributed by atoms with Crippen molar-refractivity contribution < 1.29 is 9.13 Å². The monoisotopic (exact) mass is 295 g/mol. The fourth-order valence-electron chi connectivity index (χ4n) is 1.89. The van der Waals surface area contributed by atoms with Crippen molar-refractivity contribution in [3.8, 4) is 0 Å². The van der Waals surface area contributed by atoms with E-state index in [0.717, 1.165) is 15.7 Å². The Hall–Kier alpha value is -1.50. The van der Waals surface area contributed by atoms with Crippen LogP contribution in [-0.4, -0.2) is 19.1 Å². The molecule has 6 heteroatoms. The molecule has 2 aromatic rings. The first kappa shape index (κ1) is 14.9. The fourth-order valence-corrected chi connectivity index (χ4v) is 2.79. The van der Waals surface area contributed by atoms with Crippen molar-refractivity contribution in [1.82, 2.24) is 4.98 Å². The quantitative estimate of drug-likeness (QED) is 0.889. The third-order valence-corrected chi connectivity index (χ3v) is 4.16. The molecule has 1 heterocycles. The Labute approximate surface area is 122 Å². The van der Waals surface area contributed by atoms with E-state index in [0.29, 0.717) is 25.3 Å². The highest BCUT2D eigenvalue weighted by Gasteiger charge is 2.14. The number of ether oxygens (including phenoxy) is 1. The zero-order chi connectivity index (χ0) is 14.5. The third kappa shape index (κ3) is 3.33. The maximum atomic E-state index is 13.7. The number of nitrogens with two attached hydrogens (primary N) is 1. The molecule has 108 valence electrons. The van der Waals surface area contributed by atoms with Crippen LogP contribution in [0.4, 0.5) is 9.52 Å². The van der Waals surface area contributed by atoms with Gasteiger partial charge in [-0.1, -0.05) is 18.2 Å². The zero-order valence-corrected chi connectivity index (χ0v) is 12.4. The maximum Gasteiger partial charge on any atom is 0.185 e. The molecule has 0 aliphatic carbocycles. The summed E-state index contributed by atoms with van der Waals surface area (Å²) in [4.78, 5) is 7.43. The predicted octanol–water partition coefficient (Wildman–Crippen LogP) is 2.52. The van der Waals surface area contributed by atoms with Gasteiger partial charge in [0.25, 0.3) is 0 Å². The van der Waals surface area contributed by atoms with Crippen LogP contribution >= 0.6 is 11.3 Å². The van der Waals surface area contributed by atoms with Gasteiger partial charge in [0, 0.05) is 37.7 Å². The molecule has 1 aromatic carbocycles. The van der Waals surface area contributed by atoms with Crippen LogP contribution in [0.1, 0.15) is 16.1 Å². The molecule has 20 heavy (non-hydrogen) atoms. The molecular weight excluding hydrogens is 277 g/mol. The van der Waals surface area contributed by atoms with E-state index in [9.17, 15) is 4.39 Å². The van der Waals surface area contributed by atoms with Crippen molar-refractivity contribution in [3.05, 3.63) is 46.2 Å². The number of nitrogens with zero attached hydrogens (tertiary/aromatic N) is 2. The van der Waals surface area contributed by atoms with Gasteiger partial charge >= 0.3 is 0 Å². The van der Waals surface area contributed by atoms with Crippen LogP contribution in [0.3, 0.4) is 0 Å². The lowest BCUT2D eigenvalue weighted by atomic mass is 10.2. The van der Waals surface area contributed by atoms with Crippen molar-refractivity contribution in [1.29, 1.82) is 0 Å². The van der Waals surface area contributed by atoms with Gasteiger partial charge in [-0.3, -0.25) is 0 Å². The van der Waals surface area contributed by atoms with Gasteiger partial charge in [0.1, 0.15) is 5.82 Å². The van der Waals surface area contributed by atoms with E-state index in [4.69, 9.17) is 10.5 Å². The second kappa shape index (κ2) is 6.78. The average molecular weight is 295 g/mol. The lowest BCUT2D eigenvalue weighted by molar-refractivity contribution is 0.181. The standard InChI is InChI=1S/C14H18FN3OS/c1-18(8-10-5-3-4-6-11(10)15)14-17-12(9-19-2)13(7-16)20-14/h3-6H,7-9,16H2,1-2H3. The average Bonchev–Trinajstić information content (AvgIpc) is 2.85. The molecule has 1 aromatic heterocycles. The number of benzene rings is 1. The number of hydrogen-bond acceptors (Lipinski definition) is 5. The maximum absolute atomic E-state index is 13.7. The van der Waals surface area contributed by atoms with E-state index in [1.165, 1.54) is 17.4 Å². The normalized spacial score (nSPS) is 10.8. The molecule has 0 aliphatic rings. The topological polar surface area (TPSA) is 51.4 Å². The summed E-state index contributed by atoms with van der Waals surface area (Å²) in [6.07, 6.45) is 0.